The largest absolute Gasteiger partial charge is 0.491 e. The second kappa shape index (κ2) is 17.0. The monoisotopic (exact) mass is 608 g/mol. The number of benzene rings is 2. The van der Waals surface area contributed by atoms with E-state index in [9.17, 15) is 9.90 Å². The van der Waals surface area contributed by atoms with Gasteiger partial charge in [0.2, 0.25) is 6.04 Å². The molecule has 228 valence electrons. The molecule has 42 heavy (non-hydrogen) atoms. The van der Waals surface area contributed by atoms with Crippen LogP contribution in [0.2, 0.25) is 0 Å². The van der Waals surface area contributed by atoms with E-state index in [2.05, 4.69) is 11.1 Å². The number of hydrogen-bond acceptors (Lipinski definition) is 11. The molecule has 1 aliphatic carbocycles. The van der Waals surface area contributed by atoms with Crippen molar-refractivity contribution in [1.82, 2.24) is 0 Å². The number of unbranched alkanes of at least 4 members (excludes halogenated alkanes) is 2. The zero-order valence-corrected chi connectivity index (χ0v) is 23.6. The summed E-state index contributed by atoms with van der Waals surface area (Å²) in [5.41, 5.74) is 2.29. The quantitative estimate of drug-likeness (QED) is 0.205. The summed E-state index contributed by atoms with van der Waals surface area (Å²) in [6.07, 6.45) is 2.16. The Bertz CT molecular complexity index is 1170. The summed E-state index contributed by atoms with van der Waals surface area (Å²) in [7, 11) is -4.94. The standard InChI is InChI=1S/C28H32N2O7.ClHO4/c29-11-3-1-2-10-24(31)30-27-25-20-6-4-8-22(25)36-18-16-34-14-12-33-13-15-35-17-19-37-23-9-5-7-21(26(23)27)28(20)32;2-1(3,4)5/h4-9,27H,1-3,10,12-19H2,(H,30,31);(H,2,3,4,5). The zero-order chi connectivity index (χ0) is 30.4. The fourth-order valence-electron chi connectivity index (χ4n) is 4.46. The number of carbonyl (C=O) groups excluding carboxylic acids is 1. The number of aliphatic hydroxyl groups excluding tert-OH is 1. The highest BCUT2D eigenvalue weighted by atomic mass is 35.7. The molecule has 0 saturated heterocycles. The van der Waals surface area contributed by atoms with Gasteiger partial charge in [0.15, 0.2) is 5.78 Å². The number of ketones is 1. The molecule has 0 radical (unpaired) electrons. The molecule has 1 aliphatic heterocycles. The van der Waals surface area contributed by atoms with E-state index in [0.29, 0.717) is 99.1 Å². The number of nitrogens with one attached hydrogen (secondary N) is 1. The molecule has 2 N–H and O–H groups in total. The van der Waals surface area contributed by atoms with Crippen LogP contribution < -0.4 is 33.1 Å². The third-order valence-electron chi connectivity index (χ3n) is 6.18. The molecule has 0 aromatic heterocycles. The number of nitrogens with zero attached hydrogens (tertiary/aromatic N) is 1. The number of rotatable bonds is 5. The maximum Gasteiger partial charge on any atom is 0.332 e. The van der Waals surface area contributed by atoms with E-state index < -0.39 is 16.3 Å². The van der Waals surface area contributed by atoms with Gasteiger partial charge in [-0.05, 0) is 25.0 Å². The van der Waals surface area contributed by atoms with Crippen molar-refractivity contribution in [2.75, 3.05) is 52.9 Å². The summed E-state index contributed by atoms with van der Waals surface area (Å²) in [5.74, 6) is 1.01. The molecule has 0 spiro atoms. The summed E-state index contributed by atoms with van der Waals surface area (Å²) >= 11 is 0. The summed E-state index contributed by atoms with van der Waals surface area (Å²) in [6, 6.07) is 12.3. The maximum absolute atomic E-state index is 13.6. The van der Waals surface area contributed by atoms with Crippen molar-refractivity contribution in [3.05, 3.63) is 58.7 Å². The number of halogens is 1. The van der Waals surface area contributed by atoms with Crippen LogP contribution in [0.4, 0.5) is 0 Å². The van der Waals surface area contributed by atoms with Crippen LogP contribution in [0.15, 0.2) is 36.4 Å². The smallest absolute Gasteiger partial charge is 0.332 e. The van der Waals surface area contributed by atoms with Crippen molar-refractivity contribution in [1.29, 1.82) is 5.26 Å². The minimum absolute atomic E-state index is 0.0765. The van der Waals surface area contributed by atoms with Crippen LogP contribution in [0.3, 0.4) is 0 Å². The maximum atomic E-state index is 13.6. The van der Waals surface area contributed by atoms with Gasteiger partial charge >= 0.3 is 5.90 Å². The van der Waals surface area contributed by atoms with Crippen molar-refractivity contribution in [3.63, 3.8) is 0 Å². The highest BCUT2D eigenvalue weighted by Crippen LogP contribution is 2.42. The summed E-state index contributed by atoms with van der Waals surface area (Å²) in [6.45, 7) is 3.08. The second-order valence-corrected chi connectivity index (χ2v) is 9.82. The molecular formula is C28H33ClN2O11. The van der Waals surface area contributed by atoms with Gasteiger partial charge in [-0.25, -0.2) is 23.6 Å². The lowest BCUT2D eigenvalue weighted by Crippen LogP contribution is -2.75. The van der Waals surface area contributed by atoms with Gasteiger partial charge in [-0.1, -0.05) is 24.3 Å². The van der Waals surface area contributed by atoms with Crippen LogP contribution in [0, 0.1) is 21.6 Å². The lowest BCUT2D eigenvalue weighted by Gasteiger charge is -2.26. The molecular weight excluding hydrogens is 576 g/mol. The molecule has 0 fully saturated rings. The minimum Gasteiger partial charge on any atom is -0.491 e. The Kier molecular flexibility index (Phi) is 13.4. The third-order valence-corrected chi connectivity index (χ3v) is 6.18. The highest BCUT2D eigenvalue weighted by molar-refractivity contribution is 6.13. The van der Waals surface area contributed by atoms with E-state index in [1.165, 1.54) is 0 Å². The van der Waals surface area contributed by atoms with Crippen molar-refractivity contribution in [3.8, 4) is 17.6 Å². The first-order valence-electron chi connectivity index (χ1n) is 13.3. The number of aliphatic hydroxyl groups is 1. The summed E-state index contributed by atoms with van der Waals surface area (Å²) in [4.78, 5) is 16.8. The van der Waals surface area contributed by atoms with Gasteiger partial charge in [0.25, 0.3) is 0 Å². The number of ether oxygens (including phenoxy) is 5. The van der Waals surface area contributed by atoms with Crippen LogP contribution >= 0.6 is 0 Å². The molecule has 2 aliphatic rings. The minimum atomic E-state index is -4.94. The molecule has 1 heterocycles. The number of hydrogen-bond donors (Lipinski definition) is 2. The SMILES string of the molecule is N#CCCCCC(O)=[NH+]C1c2c3cccc2C(=O)c2cccc(c21)OCCOCCOCCOCCO3.[O-][Cl+3]([O-])([O-])[O-]. The first-order chi connectivity index (χ1) is 20.2. The Morgan fingerprint density at radius 2 is 1.29 bits per heavy atom. The molecule has 4 rings (SSSR count). The molecule has 0 saturated carbocycles. The van der Waals surface area contributed by atoms with E-state index in [-0.39, 0.29) is 24.9 Å². The van der Waals surface area contributed by atoms with Gasteiger partial charge < -0.3 is 28.8 Å². The van der Waals surface area contributed by atoms with Gasteiger partial charge in [-0.15, -0.1) is 10.2 Å². The van der Waals surface area contributed by atoms with E-state index >= 15 is 0 Å². The van der Waals surface area contributed by atoms with E-state index in [1.54, 1.807) is 24.3 Å². The number of carbonyl (C=O) groups is 1. The van der Waals surface area contributed by atoms with Gasteiger partial charge in [-0.2, -0.15) is 5.26 Å². The Hall–Kier alpha value is -3.32. The van der Waals surface area contributed by atoms with Crippen LogP contribution in [-0.2, 0) is 14.2 Å². The fraction of sp³-hybridized carbons (Fsp3) is 0.464. The van der Waals surface area contributed by atoms with Gasteiger partial charge in [0.1, 0.15) is 24.7 Å². The predicted molar refractivity (Wildman–Crippen MR) is 134 cm³/mol. The molecule has 0 atom stereocenters. The predicted octanol–water partition coefficient (Wildman–Crippen LogP) is -2.49. The fourth-order valence-corrected chi connectivity index (χ4v) is 4.46. The topological polar surface area (TPSA) is 213 Å². The third kappa shape index (κ3) is 10.5. The Morgan fingerprint density at radius 1 is 0.833 bits per heavy atom. The molecule has 2 bridgehead atoms. The van der Waals surface area contributed by atoms with Crippen molar-refractivity contribution < 1.29 is 67.5 Å². The first kappa shape index (κ1) is 33.2. The average Bonchev–Trinajstić information content (AvgIpc) is 2.94. The van der Waals surface area contributed by atoms with Crippen molar-refractivity contribution in [2.24, 2.45) is 0 Å². The molecule has 14 heteroatoms. The van der Waals surface area contributed by atoms with E-state index in [1.807, 2.05) is 12.1 Å². The van der Waals surface area contributed by atoms with Gasteiger partial charge in [0, 0.05) is 17.5 Å². The van der Waals surface area contributed by atoms with Gasteiger partial charge in [0.05, 0.1) is 63.3 Å². The summed E-state index contributed by atoms with van der Waals surface area (Å²) in [5, 5.41) is 19.6. The second-order valence-electron chi connectivity index (χ2n) is 9.07. The van der Waals surface area contributed by atoms with Crippen molar-refractivity contribution >= 4 is 11.7 Å². The van der Waals surface area contributed by atoms with Crippen molar-refractivity contribution in [2.45, 2.75) is 31.7 Å². The molecule has 2 aromatic carbocycles. The van der Waals surface area contributed by atoms with Crippen LogP contribution in [0.25, 0.3) is 0 Å². The summed E-state index contributed by atoms with van der Waals surface area (Å²) < 4.78 is 62.9. The van der Waals surface area contributed by atoms with Gasteiger partial charge in [-0.3, -0.25) is 4.79 Å². The first-order valence-corrected chi connectivity index (χ1v) is 14.5. The lowest BCUT2D eigenvalue weighted by molar-refractivity contribution is -2.00. The van der Waals surface area contributed by atoms with Crippen LogP contribution in [-0.4, -0.2) is 69.6 Å². The Morgan fingerprint density at radius 3 is 1.74 bits per heavy atom. The Balaban J connectivity index is 0.000000892. The molecule has 0 unspecified atom stereocenters. The Labute approximate surface area is 245 Å². The lowest BCUT2D eigenvalue weighted by atomic mass is 9.80. The highest BCUT2D eigenvalue weighted by Gasteiger charge is 2.40. The van der Waals surface area contributed by atoms with E-state index in [0.717, 1.165) is 0 Å². The van der Waals surface area contributed by atoms with Crippen LogP contribution in [0.1, 0.15) is 58.8 Å². The normalized spacial score (nSPS) is 16.9. The van der Waals surface area contributed by atoms with E-state index in [4.69, 9.17) is 47.6 Å². The van der Waals surface area contributed by atoms with Crippen LogP contribution in [0.5, 0.6) is 11.5 Å². The molecule has 13 nitrogen and oxygen atoms in total. The number of nitriles is 1. The molecule has 0 amide bonds. The molecule has 2 aromatic rings. The average molecular weight is 609 g/mol. The zero-order valence-electron chi connectivity index (χ0n) is 22.9.